The fraction of sp³-hybridized carbons (Fsp3) is 0.0909. The van der Waals surface area contributed by atoms with E-state index in [1.54, 1.807) is 11.3 Å². The highest BCUT2D eigenvalue weighted by molar-refractivity contribution is 7.17. The van der Waals surface area contributed by atoms with Crippen LogP contribution < -0.4 is 0 Å². The molecule has 0 aliphatic heterocycles. The van der Waals surface area contributed by atoms with Crippen LogP contribution >= 0.6 is 11.3 Å². The Balaban J connectivity index is 2.69. The van der Waals surface area contributed by atoms with Crippen LogP contribution in [-0.4, -0.2) is 5.11 Å². The molecule has 0 saturated heterocycles. The van der Waals surface area contributed by atoms with E-state index in [-0.39, 0.29) is 0 Å². The predicted octanol–water partition coefficient (Wildman–Crippen LogP) is 2.57. The van der Waals surface area contributed by atoms with Gasteiger partial charge in [-0.3, -0.25) is 0 Å². The van der Waals surface area contributed by atoms with E-state index in [4.69, 9.17) is 6.42 Å². The number of hydrogen-bond acceptors (Lipinski definition) is 2. The van der Waals surface area contributed by atoms with Crippen LogP contribution in [0.25, 0.3) is 10.1 Å². The number of benzene rings is 1. The van der Waals surface area contributed by atoms with Gasteiger partial charge in [0.05, 0.1) is 0 Å². The summed E-state index contributed by atoms with van der Waals surface area (Å²) in [6, 6.07) is 7.81. The molecule has 1 aromatic heterocycles. The second-order valence-corrected chi connectivity index (χ2v) is 3.67. The second kappa shape index (κ2) is 3.21. The molecule has 0 bridgehead atoms. The topological polar surface area (TPSA) is 20.2 Å². The molecule has 0 aliphatic carbocycles. The molecule has 1 nitrogen and oxygen atoms in total. The normalized spacial score (nSPS) is 12.6. The number of rotatable bonds is 1. The van der Waals surface area contributed by atoms with E-state index in [2.05, 4.69) is 5.92 Å². The van der Waals surface area contributed by atoms with Crippen LogP contribution in [0.1, 0.15) is 11.7 Å². The van der Waals surface area contributed by atoms with Gasteiger partial charge in [-0.05, 0) is 16.8 Å². The third-order valence-corrected chi connectivity index (χ3v) is 2.94. The van der Waals surface area contributed by atoms with Crippen LogP contribution in [0.5, 0.6) is 0 Å². The van der Waals surface area contributed by atoms with Crippen molar-refractivity contribution in [3.05, 3.63) is 35.2 Å². The van der Waals surface area contributed by atoms with Crippen molar-refractivity contribution in [1.82, 2.24) is 0 Å². The molecule has 1 heterocycles. The molecular formula is C11H8OS. The second-order valence-electron chi connectivity index (χ2n) is 2.76. The lowest BCUT2D eigenvalue weighted by molar-refractivity contribution is 0.240. The van der Waals surface area contributed by atoms with Crippen LogP contribution in [-0.2, 0) is 0 Å². The van der Waals surface area contributed by atoms with Gasteiger partial charge in [-0.25, -0.2) is 0 Å². The van der Waals surface area contributed by atoms with Crippen molar-refractivity contribution in [2.45, 2.75) is 6.10 Å². The van der Waals surface area contributed by atoms with Crippen molar-refractivity contribution >= 4 is 21.4 Å². The lowest BCUT2D eigenvalue weighted by Crippen LogP contribution is -1.92. The number of aliphatic hydroxyl groups excluding tert-OH is 1. The average Bonchev–Trinajstić information content (AvgIpc) is 2.63. The molecule has 0 spiro atoms. The summed E-state index contributed by atoms with van der Waals surface area (Å²) in [6.45, 7) is 0. The molecule has 1 N–H and O–H groups in total. The number of aliphatic hydroxyl groups is 1. The molecule has 2 aromatic rings. The highest BCUT2D eigenvalue weighted by Gasteiger charge is 2.08. The zero-order valence-electron chi connectivity index (χ0n) is 6.90. The summed E-state index contributed by atoms with van der Waals surface area (Å²) in [6.07, 6.45) is 4.38. The molecule has 0 radical (unpaired) electrons. The summed E-state index contributed by atoms with van der Waals surface area (Å²) in [5.41, 5.74) is 0.829. The summed E-state index contributed by atoms with van der Waals surface area (Å²) in [5.74, 6) is 2.33. The summed E-state index contributed by atoms with van der Waals surface area (Å²) in [4.78, 5) is 0. The molecule has 2 heteroatoms. The van der Waals surface area contributed by atoms with E-state index in [1.165, 1.54) is 0 Å². The Bertz CT molecular complexity index is 464. The number of hydrogen-bond donors (Lipinski definition) is 1. The van der Waals surface area contributed by atoms with Crippen LogP contribution in [0.2, 0.25) is 0 Å². The van der Waals surface area contributed by atoms with E-state index < -0.39 is 6.10 Å². The predicted molar refractivity (Wildman–Crippen MR) is 55.6 cm³/mol. The van der Waals surface area contributed by atoms with E-state index in [9.17, 15) is 5.11 Å². The molecule has 2 rings (SSSR count). The molecule has 1 atom stereocenters. The quantitative estimate of drug-likeness (QED) is 0.682. The van der Waals surface area contributed by atoms with Gasteiger partial charge in [-0.2, -0.15) is 0 Å². The van der Waals surface area contributed by atoms with Crippen molar-refractivity contribution in [3.8, 4) is 12.3 Å². The van der Waals surface area contributed by atoms with Gasteiger partial charge in [-0.1, -0.05) is 24.1 Å². The number of fused-ring (bicyclic) bond motifs is 1. The molecule has 1 aromatic carbocycles. The minimum Gasteiger partial charge on any atom is -0.376 e. The maximum absolute atomic E-state index is 9.52. The van der Waals surface area contributed by atoms with Crippen LogP contribution in [0.3, 0.4) is 0 Å². The van der Waals surface area contributed by atoms with Crippen LogP contribution in [0.15, 0.2) is 29.6 Å². The van der Waals surface area contributed by atoms with Crippen molar-refractivity contribution in [2.24, 2.45) is 0 Å². The van der Waals surface area contributed by atoms with Gasteiger partial charge in [-0.15, -0.1) is 17.8 Å². The summed E-state index contributed by atoms with van der Waals surface area (Å²) in [7, 11) is 0. The zero-order valence-corrected chi connectivity index (χ0v) is 7.71. The third kappa shape index (κ3) is 1.33. The Morgan fingerprint density at radius 3 is 3.00 bits per heavy atom. The molecule has 0 aliphatic rings. The number of thiophene rings is 1. The van der Waals surface area contributed by atoms with Crippen molar-refractivity contribution in [3.63, 3.8) is 0 Å². The monoisotopic (exact) mass is 188 g/mol. The minimum atomic E-state index is -0.789. The molecule has 0 fully saturated rings. The fourth-order valence-electron chi connectivity index (χ4n) is 1.32. The lowest BCUT2D eigenvalue weighted by Gasteiger charge is -2.04. The zero-order chi connectivity index (χ0) is 9.26. The summed E-state index contributed by atoms with van der Waals surface area (Å²) in [5, 5.41) is 12.6. The number of terminal acetylenes is 1. The van der Waals surface area contributed by atoms with Crippen LogP contribution in [0.4, 0.5) is 0 Å². The third-order valence-electron chi connectivity index (χ3n) is 1.96. The van der Waals surface area contributed by atoms with Crippen molar-refractivity contribution < 1.29 is 5.11 Å². The first-order chi connectivity index (χ1) is 6.33. The van der Waals surface area contributed by atoms with Gasteiger partial charge in [0.2, 0.25) is 0 Å². The Labute approximate surface area is 80.6 Å². The van der Waals surface area contributed by atoms with Gasteiger partial charge < -0.3 is 5.11 Å². The summed E-state index contributed by atoms with van der Waals surface area (Å²) < 4.78 is 1.08. The highest BCUT2D eigenvalue weighted by atomic mass is 32.1. The van der Waals surface area contributed by atoms with E-state index in [1.807, 2.05) is 29.6 Å². The molecular weight excluding hydrogens is 180 g/mol. The van der Waals surface area contributed by atoms with E-state index >= 15 is 0 Å². The molecule has 1 unspecified atom stereocenters. The Hall–Kier alpha value is -1.30. The Kier molecular flexibility index (Phi) is 2.05. The maximum Gasteiger partial charge on any atom is 0.141 e. The van der Waals surface area contributed by atoms with Crippen LogP contribution in [0, 0.1) is 12.3 Å². The highest BCUT2D eigenvalue weighted by Crippen LogP contribution is 2.28. The first-order valence-electron chi connectivity index (χ1n) is 3.93. The minimum absolute atomic E-state index is 0.789. The average molecular weight is 188 g/mol. The molecule has 0 amide bonds. The molecule has 0 saturated carbocycles. The molecule has 64 valence electrons. The van der Waals surface area contributed by atoms with E-state index in [0.717, 1.165) is 15.6 Å². The standard InChI is InChI=1S/C11H8OS/c1-2-10(12)9-5-3-4-8-6-7-13-11(8)9/h1,3-7,10,12H. The summed E-state index contributed by atoms with van der Waals surface area (Å²) >= 11 is 1.60. The van der Waals surface area contributed by atoms with Gasteiger partial charge in [0.15, 0.2) is 0 Å². The first-order valence-corrected chi connectivity index (χ1v) is 4.81. The first kappa shape index (κ1) is 8.31. The maximum atomic E-state index is 9.52. The Morgan fingerprint density at radius 1 is 1.38 bits per heavy atom. The smallest absolute Gasteiger partial charge is 0.141 e. The molecule has 13 heavy (non-hydrogen) atoms. The lowest BCUT2D eigenvalue weighted by atomic mass is 10.1. The largest absolute Gasteiger partial charge is 0.376 e. The van der Waals surface area contributed by atoms with Gasteiger partial charge in [0.25, 0.3) is 0 Å². The van der Waals surface area contributed by atoms with Crippen molar-refractivity contribution in [2.75, 3.05) is 0 Å². The van der Waals surface area contributed by atoms with Gasteiger partial charge >= 0.3 is 0 Å². The SMILES string of the molecule is C#CC(O)c1cccc2ccsc12. The van der Waals surface area contributed by atoms with E-state index in [0.29, 0.717) is 0 Å². The fourth-order valence-corrected chi connectivity index (χ4v) is 2.26. The Morgan fingerprint density at radius 2 is 2.23 bits per heavy atom. The van der Waals surface area contributed by atoms with Gasteiger partial charge in [0, 0.05) is 10.3 Å². The van der Waals surface area contributed by atoms with Crippen molar-refractivity contribution in [1.29, 1.82) is 0 Å². The van der Waals surface area contributed by atoms with Gasteiger partial charge in [0.1, 0.15) is 6.10 Å².